The van der Waals surface area contributed by atoms with Crippen LogP contribution in [0.4, 0.5) is 0 Å². The van der Waals surface area contributed by atoms with Crippen molar-refractivity contribution in [1.29, 1.82) is 0 Å². The van der Waals surface area contributed by atoms with E-state index in [0.29, 0.717) is 53.4 Å². The van der Waals surface area contributed by atoms with Gasteiger partial charge >= 0.3 is 0 Å². The standard InChI is InChI=1S/C38H61NO3/c1-22(2)25(6)38-18-17-34(8)26-11-12-30-33(7)15-13-24(5)37(30,27(26)14-16-36(34)19-28(42-38)31(36)38)20-29(40-10)32(33)41-21-35(9,39)23(3)4/h14,19,22-26,29-32H,11-13,15-18,20-21,39H2,1-10H3. The quantitative estimate of drug-likeness (QED) is 0.308. The SMILES string of the molecule is COC1CC23C4=CCC56C=C7OC(C(C)C(C)C)(CCC5(C)C4CCC2C(C)(CCC3C)C1OCC(C)(N)C(C)C)C76. The van der Waals surface area contributed by atoms with Crippen LogP contribution in [-0.4, -0.2) is 37.1 Å². The van der Waals surface area contributed by atoms with Crippen LogP contribution in [0.5, 0.6) is 0 Å². The molecule has 5 fully saturated rings. The first-order valence-electron chi connectivity index (χ1n) is 17.7. The lowest BCUT2D eigenvalue weighted by molar-refractivity contribution is -0.306. The van der Waals surface area contributed by atoms with E-state index < -0.39 is 0 Å². The molecule has 0 aromatic carbocycles. The van der Waals surface area contributed by atoms with Crippen molar-refractivity contribution in [2.45, 2.75) is 137 Å². The van der Waals surface area contributed by atoms with Gasteiger partial charge in [0.15, 0.2) is 0 Å². The van der Waals surface area contributed by atoms with Crippen molar-refractivity contribution < 1.29 is 14.2 Å². The normalized spacial score (nSPS) is 52.2. The van der Waals surface area contributed by atoms with Crippen LogP contribution in [0, 0.1) is 63.1 Å². The second kappa shape index (κ2) is 9.12. The topological polar surface area (TPSA) is 53.7 Å². The van der Waals surface area contributed by atoms with E-state index in [1.54, 1.807) is 0 Å². The third-order valence-corrected chi connectivity index (χ3v) is 16.1. The zero-order valence-electron chi connectivity index (χ0n) is 28.5. The van der Waals surface area contributed by atoms with E-state index in [2.05, 4.69) is 74.5 Å². The van der Waals surface area contributed by atoms with E-state index in [9.17, 15) is 0 Å². The maximum Gasteiger partial charge on any atom is 0.122 e. The van der Waals surface area contributed by atoms with Gasteiger partial charge in [-0.05, 0) is 111 Å². The number of allylic oxidation sites excluding steroid dienone is 3. The van der Waals surface area contributed by atoms with Crippen LogP contribution in [0.3, 0.4) is 0 Å². The molecule has 13 atom stereocenters. The third kappa shape index (κ3) is 3.31. The van der Waals surface area contributed by atoms with Gasteiger partial charge in [-0.2, -0.15) is 0 Å². The third-order valence-electron chi connectivity index (χ3n) is 16.1. The van der Waals surface area contributed by atoms with Crippen LogP contribution in [0.1, 0.15) is 114 Å². The molecule has 7 aliphatic rings. The highest BCUT2D eigenvalue weighted by Crippen LogP contribution is 2.82. The number of methoxy groups -OCH3 is 1. The predicted molar refractivity (Wildman–Crippen MR) is 170 cm³/mol. The molecule has 0 amide bonds. The van der Waals surface area contributed by atoms with Gasteiger partial charge in [-0.1, -0.05) is 67.0 Å². The summed E-state index contributed by atoms with van der Waals surface area (Å²) in [5, 5.41) is 0. The average Bonchev–Trinajstić information content (AvgIpc) is 2.91. The molecule has 13 unspecified atom stereocenters. The van der Waals surface area contributed by atoms with E-state index >= 15 is 0 Å². The lowest BCUT2D eigenvalue weighted by Crippen LogP contribution is -2.76. The fourth-order valence-electron chi connectivity index (χ4n) is 12.7. The van der Waals surface area contributed by atoms with E-state index in [-0.39, 0.29) is 39.6 Å². The van der Waals surface area contributed by atoms with Gasteiger partial charge in [0, 0.05) is 23.5 Å². The molecule has 6 aliphatic carbocycles. The predicted octanol–water partition coefficient (Wildman–Crippen LogP) is 8.30. The minimum Gasteiger partial charge on any atom is -0.490 e. The van der Waals surface area contributed by atoms with Crippen molar-refractivity contribution >= 4 is 0 Å². The highest BCUT2D eigenvalue weighted by Gasteiger charge is 2.79. The Morgan fingerprint density at radius 1 is 1.07 bits per heavy atom. The van der Waals surface area contributed by atoms with Crippen molar-refractivity contribution in [2.75, 3.05) is 13.7 Å². The Hall–Kier alpha value is -0.840. The number of nitrogens with two attached hydrogens (primary N) is 1. The van der Waals surface area contributed by atoms with Crippen LogP contribution in [-0.2, 0) is 14.2 Å². The summed E-state index contributed by atoms with van der Waals surface area (Å²) in [6.45, 7) is 22.3. The summed E-state index contributed by atoms with van der Waals surface area (Å²) < 4.78 is 20.1. The molecule has 1 spiro atoms. The van der Waals surface area contributed by atoms with E-state index in [1.165, 1.54) is 50.7 Å². The summed E-state index contributed by atoms with van der Waals surface area (Å²) in [6, 6.07) is 0. The van der Waals surface area contributed by atoms with Gasteiger partial charge in [-0.25, -0.2) is 0 Å². The van der Waals surface area contributed by atoms with Crippen LogP contribution in [0.15, 0.2) is 23.5 Å². The molecule has 236 valence electrons. The summed E-state index contributed by atoms with van der Waals surface area (Å²) in [4.78, 5) is 0. The fourth-order valence-corrected chi connectivity index (χ4v) is 12.7. The molecule has 1 heterocycles. The van der Waals surface area contributed by atoms with Crippen LogP contribution in [0.25, 0.3) is 0 Å². The molecule has 4 saturated carbocycles. The zero-order chi connectivity index (χ0) is 30.3. The number of fused-ring (bicyclic) bond motifs is 2. The highest BCUT2D eigenvalue weighted by molar-refractivity contribution is 5.47. The van der Waals surface area contributed by atoms with Gasteiger partial charge in [-0.15, -0.1) is 0 Å². The Kier molecular flexibility index (Phi) is 6.48. The molecule has 4 heteroatoms. The van der Waals surface area contributed by atoms with Gasteiger partial charge in [0.1, 0.15) is 11.4 Å². The first-order chi connectivity index (χ1) is 19.6. The lowest BCUT2D eigenvalue weighted by atomic mass is 9.30. The van der Waals surface area contributed by atoms with Gasteiger partial charge < -0.3 is 19.9 Å². The monoisotopic (exact) mass is 579 g/mol. The molecule has 0 radical (unpaired) electrons. The maximum atomic E-state index is 6.94. The smallest absolute Gasteiger partial charge is 0.122 e. The molecule has 4 nitrogen and oxygen atoms in total. The number of hydrogen-bond donors (Lipinski definition) is 1. The zero-order valence-corrected chi connectivity index (χ0v) is 28.5. The Bertz CT molecular complexity index is 1190. The minimum absolute atomic E-state index is 0.0688. The van der Waals surface area contributed by atoms with Crippen molar-refractivity contribution in [2.24, 2.45) is 68.8 Å². The lowest BCUT2D eigenvalue weighted by Gasteiger charge is -2.78. The number of ether oxygens (including phenoxy) is 3. The van der Waals surface area contributed by atoms with E-state index in [4.69, 9.17) is 19.9 Å². The summed E-state index contributed by atoms with van der Waals surface area (Å²) in [5.41, 5.74) is 9.25. The molecule has 2 N–H and O–H groups in total. The molecular weight excluding hydrogens is 518 g/mol. The molecule has 42 heavy (non-hydrogen) atoms. The van der Waals surface area contributed by atoms with E-state index in [1.807, 2.05) is 12.7 Å². The molecular formula is C38H61NO3. The average molecular weight is 580 g/mol. The summed E-state index contributed by atoms with van der Waals surface area (Å²) in [5.74, 6) is 5.59. The fraction of sp³-hybridized carbons (Fsp3) is 0.895. The minimum atomic E-state index is -0.332. The maximum absolute atomic E-state index is 6.94. The number of hydrogen-bond acceptors (Lipinski definition) is 4. The van der Waals surface area contributed by atoms with Crippen molar-refractivity contribution in [3.63, 3.8) is 0 Å². The molecule has 1 saturated heterocycles. The van der Waals surface area contributed by atoms with Crippen molar-refractivity contribution in [1.82, 2.24) is 0 Å². The summed E-state index contributed by atoms with van der Waals surface area (Å²) >= 11 is 0. The second-order valence-electron chi connectivity index (χ2n) is 17.9. The molecule has 0 aromatic rings. The van der Waals surface area contributed by atoms with Gasteiger partial charge in [0.05, 0.1) is 24.7 Å². The Balaban J connectivity index is 1.26. The van der Waals surface area contributed by atoms with Crippen LogP contribution < -0.4 is 5.73 Å². The van der Waals surface area contributed by atoms with Crippen LogP contribution in [0.2, 0.25) is 0 Å². The summed E-state index contributed by atoms with van der Waals surface area (Å²) in [7, 11) is 1.94. The number of rotatable bonds is 7. The molecule has 2 bridgehead atoms. The first-order valence-corrected chi connectivity index (χ1v) is 17.7. The Morgan fingerprint density at radius 2 is 1.81 bits per heavy atom. The Morgan fingerprint density at radius 3 is 2.45 bits per heavy atom. The summed E-state index contributed by atoms with van der Waals surface area (Å²) in [6.07, 6.45) is 15.6. The molecule has 0 aromatic heterocycles. The second-order valence-corrected chi connectivity index (χ2v) is 17.9. The Labute approximate surface area is 257 Å². The first kappa shape index (κ1) is 29.8. The van der Waals surface area contributed by atoms with Crippen molar-refractivity contribution in [3.05, 3.63) is 23.5 Å². The van der Waals surface area contributed by atoms with Crippen LogP contribution >= 0.6 is 0 Å². The van der Waals surface area contributed by atoms with Gasteiger partial charge in [0.25, 0.3) is 0 Å². The van der Waals surface area contributed by atoms with Gasteiger partial charge in [0.2, 0.25) is 0 Å². The highest BCUT2D eigenvalue weighted by atomic mass is 16.5. The van der Waals surface area contributed by atoms with Crippen molar-refractivity contribution in [3.8, 4) is 0 Å². The van der Waals surface area contributed by atoms with E-state index in [0.717, 1.165) is 6.42 Å². The molecule has 1 aliphatic heterocycles. The largest absolute Gasteiger partial charge is 0.490 e. The molecule has 7 rings (SSSR count). The van der Waals surface area contributed by atoms with Gasteiger partial charge in [-0.3, -0.25) is 0 Å².